The molecule has 0 N–H and O–H groups in total. The lowest BCUT2D eigenvalue weighted by atomic mass is 9.78. The van der Waals surface area contributed by atoms with Crippen molar-refractivity contribution in [1.29, 1.82) is 0 Å². The lowest BCUT2D eigenvalue weighted by molar-refractivity contribution is 1.36. The van der Waals surface area contributed by atoms with Gasteiger partial charge in [-0.2, -0.15) is 0 Å². The first-order valence-electron chi connectivity index (χ1n) is 11.3. The first-order chi connectivity index (χ1) is 16.5. The SMILES string of the molecule is Cc1ccc(/C(=C2C(Br)=C(Br)C\2=C(\c2ccccc2)c2ccc(C)cc2)c2ccccc2)cc1. The van der Waals surface area contributed by atoms with Crippen LogP contribution in [0.5, 0.6) is 0 Å². The van der Waals surface area contributed by atoms with Gasteiger partial charge in [0.25, 0.3) is 0 Å². The molecule has 0 amide bonds. The minimum atomic E-state index is 1.10. The van der Waals surface area contributed by atoms with Gasteiger partial charge in [-0.1, -0.05) is 120 Å². The number of allylic oxidation sites excluding steroid dienone is 4. The van der Waals surface area contributed by atoms with E-state index < -0.39 is 0 Å². The van der Waals surface area contributed by atoms with Gasteiger partial charge in [-0.15, -0.1) is 0 Å². The first-order valence-corrected chi connectivity index (χ1v) is 12.9. The minimum Gasteiger partial charge on any atom is -0.0622 e. The maximum atomic E-state index is 3.91. The van der Waals surface area contributed by atoms with Crippen LogP contribution in [0.3, 0.4) is 0 Å². The maximum Gasteiger partial charge on any atom is 0.0409 e. The molecule has 0 heterocycles. The van der Waals surface area contributed by atoms with Gasteiger partial charge in [0.05, 0.1) is 0 Å². The van der Waals surface area contributed by atoms with Crippen LogP contribution in [0.1, 0.15) is 33.4 Å². The molecule has 166 valence electrons. The van der Waals surface area contributed by atoms with E-state index in [-0.39, 0.29) is 0 Å². The molecule has 0 saturated heterocycles. The van der Waals surface area contributed by atoms with Crippen molar-refractivity contribution in [2.24, 2.45) is 0 Å². The quantitative estimate of drug-likeness (QED) is 0.230. The average Bonchev–Trinajstić information content (AvgIpc) is 2.88. The van der Waals surface area contributed by atoms with Gasteiger partial charge in [0, 0.05) is 20.1 Å². The van der Waals surface area contributed by atoms with Crippen molar-refractivity contribution < 1.29 is 0 Å². The molecule has 0 nitrogen and oxygen atoms in total. The smallest absolute Gasteiger partial charge is 0.0409 e. The van der Waals surface area contributed by atoms with Gasteiger partial charge in [0.2, 0.25) is 0 Å². The second kappa shape index (κ2) is 9.74. The van der Waals surface area contributed by atoms with Crippen molar-refractivity contribution in [2.75, 3.05) is 0 Å². The van der Waals surface area contributed by atoms with Gasteiger partial charge >= 0.3 is 0 Å². The lowest BCUT2D eigenvalue weighted by Gasteiger charge is -2.31. The summed E-state index contributed by atoms with van der Waals surface area (Å²) in [5, 5.41) is 0. The molecule has 0 atom stereocenters. The molecule has 0 fully saturated rings. The molecule has 0 aliphatic heterocycles. The van der Waals surface area contributed by atoms with E-state index in [1.807, 2.05) is 0 Å². The zero-order valence-electron chi connectivity index (χ0n) is 19.1. The van der Waals surface area contributed by atoms with E-state index >= 15 is 0 Å². The third kappa shape index (κ3) is 4.29. The van der Waals surface area contributed by atoms with Crippen molar-refractivity contribution >= 4 is 43.0 Å². The molecular weight excluding hydrogens is 544 g/mol. The Bertz CT molecular complexity index is 1310. The number of rotatable bonds is 4. The maximum absolute atomic E-state index is 3.91. The monoisotopic (exact) mass is 566 g/mol. The number of hydrogen-bond donors (Lipinski definition) is 0. The van der Waals surface area contributed by atoms with Gasteiger partial charge in [-0.25, -0.2) is 0 Å². The Kier molecular flexibility index (Phi) is 6.54. The lowest BCUT2D eigenvalue weighted by Crippen LogP contribution is -2.12. The van der Waals surface area contributed by atoms with Crippen molar-refractivity contribution in [3.63, 3.8) is 0 Å². The van der Waals surface area contributed by atoms with Gasteiger partial charge in [-0.05, 0) is 79.1 Å². The van der Waals surface area contributed by atoms with Crippen molar-refractivity contribution in [2.45, 2.75) is 13.8 Å². The Morgan fingerprint density at radius 1 is 0.412 bits per heavy atom. The summed E-state index contributed by atoms with van der Waals surface area (Å²) in [6.45, 7) is 4.26. The highest BCUT2D eigenvalue weighted by molar-refractivity contribution is 9.14. The van der Waals surface area contributed by atoms with E-state index in [1.54, 1.807) is 0 Å². The van der Waals surface area contributed by atoms with Crippen LogP contribution in [0.4, 0.5) is 0 Å². The number of benzene rings is 4. The predicted octanol–water partition coefficient (Wildman–Crippen LogP) is 9.62. The van der Waals surface area contributed by atoms with Crippen LogP contribution < -0.4 is 0 Å². The molecule has 0 spiro atoms. The van der Waals surface area contributed by atoms with Crippen LogP contribution in [0.15, 0.2) is 129 Å². The fourth-order valence-electron chi connectivity index (χ4n) is 4.41. The second-order valence-electron chi connectivity index (χ2n) is 8.59. The summed E-state index contributed by atoms with van der Waals surface area (Å²) in [5.74, 6) is 0. The van der Waals surface area contributed by atoms with E-state index in [9.17, 15) is 0 Å². The minimum absolute atomic E-state index is 1.10. The Morgan fingerprint density at radius 2 is 0.706 bits per heavy atom. The fourth-order valence-corrected chi connectivity index (χ4v) is 5.60. The van der Waals surface area contributed by atoms with Crippen LogP contribution >= 0.6 is 31.9 Å². The number of hydrogen-bond acceptors (Lipinski definition) is 0. The summed E-state index contributed by atoms with van der Waals surface area (Å²) >= 11 is 7.82. The molecule has 0 unspecified atom stereocenters. The van der Waals surface area contributed by atoms with E-state index in [0.29, 0.717) is 0 Å². The van der Waals surface area contributed by atoms with Crippen LogP contribution in [0.25, 0.3) is 11.1 Å². The molecule has 0 aromatic heterocycles. The third-order valence-corrected chi connectivity index (χ3v) is 8.31. The van der Waals surface area contributed by atoms with Crippen molar-refractivity contribution in [1.82, 2.24) is 0 Å². The average molecular weight is 568 g/mol. The summed E-state index contributed by atoms with van der Waals surface area (Å²) in [6.07, 6.45) is 0. The van der Waals surface area contributed by atoms with Crippen molar-refractivity contribution in [3.05, 3.63) is 163 Å². The molecule has 4 aromatic carbocycles. The van der Waals surface area contributed by atoms with Gasteiger partial charge in [-0.3, -0.25) is 0 Å². The van der Waals surface area contributed by atoms with Crippen LogP contribution in [-0.2, 0) is 0 Å². The Balaban J connectivity index is 1.88. The van der Waals surface area contributed by atoms with Gasteiger partial charge in [0.1, 0.15) is 0 Å². The van der Waals surface area contributed by atoms with Gasteiger partial charge < -0.3 is 0 Å². The summed E-state index contributed by atoms with van der Waals surface area (Å²) in [4.78, 5) is 0. The van der Waals surface area contributed by atoms with E-state index in [4.69, 9.17) is 0 Å². The molecule has 0 bridgehead atoms. The third-order valence-electron chi connectivity index (χ3n) is 6.19. The highest BCUT2D eigenvalue weighted by atomic mass is 79.9. The van der Waals surface area contributed by atoms with E-state index in [1.165, 1.54) is 55.7 Å². The molecule has 0 saturated carbocycles. The second-order valence-corrected chi connectivity index (χ2v) is 10.2. The Hall–Kier alpha value is -2.94. The normalized spacial score (nSPS) is 16.2. The van der Waals surface area contributed by atoms with E-state index in [0.717, 1.165) is 8.96 Å². The first kappa shape index (κ1) is 22.8. The highest BCUT2D eigenvalue weighted by Gasteiger charge is 2.33. The topological polar surface area (TPSA) is 0 Å². The van der Waals surface area contributed by atoms with Crippen LogP contribution in [-0.4, -0.2) is 0 Å². The number of halogens is 2. The Morgan fingerprint density at radius 3 is 1.03 bits per heavy atom. The molecule has 0 radical (unpaired) electrons. The van der Waals surface area contributed by atoms with Crippen molar-refractivity contribution in [3.8, 4) is 0 Å². The zero-order valence-corrected chi connectivity index (χ0v) is 22.3. The van der Waals surface area contributed by atoms with Gasteiger partial charge in [0.15, 0.2) is 0 Å². The molecule has 1 aliphatic rings. The Labute approximate surface area is 218 Å². The summed E-state index contributed by atoms with van der Waals surface area (Å²) in [5.41, 5.74) is 12.2. The predicted molar refractivity (Wildman–Crippen MR) is 152 cm³/mol. The molecule has 2 heteroatoms. The largest absolute Gasteiger partial charge is 0.0622 e. The van der Waals surface area contributed by atoms with Crippen LogP contribution in [0.2, 0.25) is 0 Å². The molecule has 4 aromatic rings. The summed E-state index contributed by atoms with van der Waals surface area (Å²) in [6, 6.07) is 39.0. The summed E-state index contributed by atoms with van der Waals surface area (Å²) in [7, 11) is 0. The molecule has 34 heavy (non-hydrogen) atoms. The van der Waals surface area contributed by atoms with E-state index in [2.05, 4.69) is 155 Å². The molecule has 5 rings (SSSR count). The highest BCUT2D eigenvalue weighted by Crippen LogP contribution is 2.55. The van der Waals surface area contributed by atoms with Crippen LogP contribution in [0, 0.1) is 13.8 Å². The molecular formula is C32H24Br2. The zero-order chi connectivity index (χ0) is 23.7. The molecule has 1 aliphatic carbocycles. The standard InChI is InChI=1S/C32H24Br2/c1-21-13-17-25(18-14-21)27(23-9-5-3-6-10-23)29-30(32(34)31(29)33)28(24-11-7-4-8-12-24)26-19-15-22(2)16-20-26/h3-20H,1-2H3/b29-27-,30-28-. The summed E-state index contributed by atoms with van der Waals surface area (Å²) < 4.78 is 2.20. The fraction of sp³-hybridized carbons (Fsp3) is 0.0625. The number of aryl methyl sites for hydroxylation is 2.